The smallest absolute Gasteiger partial charge is 0.252 e. The van der Waals surface area contributed by atoms with Crippen LogP contribution >= 0.6 is 45.8 Å². The lowest BCUT2D eigenvalue weighted by Gasteiger charge is -2.28. The number of fused-ring (bicyclic) bond motifs is 1. The quantitative estimate of drug-likeness (QED) is 0.201. The summed E-state index contributed by atoms with van der Waals surface area (Å²) in [6, 6.07) is 19.0. The summed E-state index contributed by atoms with van der Waals surface area (Å²) in [6.07, 6.45) is 3.37. The Kier molecular flexibility index (Phi) is 5.95. The van der Waals surface area contributed by atoms with Crippen LogP contribution in [0.25, 0.3) is 22.2 Å². The SMILES string of the molecule is Cn1nncc1[C@@](Cl)(c1ccc(I)cc1)c1cnc2c(c1)c(-c1cccc(Cl)c1)cc(=O)n2C. The maximum absolute atomic E-state index is 12.7. The first-order valence-corrected chi connectivity index (χ1v) is 12.2. The Balaban J connectivity index is 1.84. The Morgan fingerprint density at radius 2 is 1.74 bits per heavy atom. The molecule has 0 radical (unpaired) electrons. The third-order valence-electron chi connectivity index (χ3n) is 5.92. The van der Waals surface area contributed by atoms with Gasteiger partial charge in [0, 0.05) is 45.9 Å². The molecule has 0 saturated heterocycles. The second-order valence-corrected chi connectivity index (χ2v) is 10.2. The van der Waals surface area contributed by atoms with Crippen molar-refractivity contribution in [2.75, 3.05) is 0 Å². The minimum Gasteiger partial charge on any atom is -0.296 e. The van der Waals surface area contributed by atoms with Crippen molar-refractivity contribution in [3.8, 4) is 11.1 Å². The Morgan fingerprint density at radius 1 is 0.971 bits per heavy atom. The first-order valence-electron chi connectivity index (χ1n) is 10.4. The molecular formula is C25H18Cl2IN5O. The number of pyridine rings is 2. The highest BCUT2D eigenvalue weighted by Crippen LogP contribution is 2.43. The Morgan fingerprint density at radius 3 is 2.41 bits per heavy atom. The summed E-state index contributed by atoms with van der Waals surface area (Å²) >= 11 is 16.0. The standard InChI is InChI=1S/C25H18Cl2IN5O/c1-32-23(34)12-20(15-4-3-5-18(26)10-15)21-11-17(13-29-24(21)32)25(27,22-14-30-31-33(22)2)16-6-8-19(28)9-7-16/h3-14H,1-2H3/t25-/m1/s1. The number of aromatic nitrogens is 5. The molecule has 0 spiro atoms. The van der Waals surface area contributed by atoms with Crippen molar-refractivity contribution in [2.45, 2.75) is 4.87 Å². The molecule has 34 heavy (non-hydrogen) atoms. The fourth-order valence-corrected chi connectivity index (χ4v) is 5.10. The highest BCUT2D eigenvalue weighted by molar-refractivity contribution is 14.1. The molecule has 0 amide bonds. The predicted octanol–water partition coefficient (Wildman–Crippen LogP) is 5.52. The first kappa shape index (κ1) is 23.0. The largest absolute Gasteiger partial charge is 0.296 e. The van der Waals surface area contributed by atoms with Crippen molar-refractivity contribution in [3.63, 3.8) is 0 Å². The second kappa shape index (κ2) is 8.79. The summed E-state index contributed by atoms with van der Waals surface area (Å²) in [6.45, 7) is 0. The molecule has 2 aromatic carbocycles. The molecule has 0 aliphatic carbocycles. The van der Waals surface area contributed by atoms with Crippen molar-refractivity contribution in [3.05, 3.63) is 109 Å². The van der Waals surface area contributed by atoms with Gasteiger partial charge in [0.2, 0.25) is 0 Å². The summed E-state index contributed by atoms with van der Waals surface area (Å²) in [5.74, 6) is 0. The zero-order chi connectivity index (χ0) is 24.0. The number of hydrogen-bond donors (Lipinski definition) is 0. The van der Waals surface area contributed by atoms with Gasteiger partial charge in [-0.1, -0.05) is 41.1 Å². The van der Waals surface area contributed by atoms with E-state index in [4.69, 9.17) is 28.2 Å². The molecule has 5 rings (SSSR count). The Hall–Kier alpha value is -2.75. The molecule has 0 aliphatic rings. The maximum Gasteiger partial charge on any atom is 0.252 e. The number of benzene rings is 2. The first-order chi connectivity index (χ1) is 16.3. The van der Waals surface area contributed by atoms with Crippen LogP contribution in [0.1, 0.15) is 16.8 Å². The minimum absolute atomic E-state index is 0.159. The van der Waals surface area contributed by atoms with Crippen LogP contribution in [0.4, 0.5) is 0 Å². The molecule has 3 heterocycles. The van der Waals surface area contributed by atoms with E-state index in [1.807, 2.05) is 55.6 Å². The van der Waals surface area contributed by atoms with Gasteiger partial charge in [-0.2, -0.15) is 0 Å². The fourth-order valence-electron chi connectivity index (χ4n) is 4.15. The predicted molar refractivity (Wildman–Crippen MR) is 143 cm³/mol. The second-order valence-electron chi connectivity index (χ2n) is 7.97. The van der Waals surface area contributed by atoms with Crippen molar-refractivity contribution < 1.29 is 0 Å². The van der Waals surface area contributed by atoms with Crippen molar-refractivity contribution in [1.82, 2.24) is 24.5 Å². The van der Waals surface area contributed by atoms with Gasteiger partial charge in [0.1, 0.15) is 10.5 Å². The molecule has 170 valence electrons. The van der Waals surface area contributed by atoms with Crippen molar-refractivity contribution in [1.29, 1.82) is 0 Å². The van der Waals surface area contributed by atoms with E-state index >= 15 is 0 Å². The summed E-state index contributed by atoms with van der Waals surface area (Å²) in [5, 5.41) is 9.55. The van der Waals surface area contributed by atoms with Crippen LogP contribution in [0.3, 0.4) is 0 Å². The average Bonchev–Trinajstić information content (AvgIpc) is 3.27. The zero-order valence-electron chi connectivity index (χ0n) is 18.2. The van der Waals surface area contributed by atoms with Gasteiger partial charge < -0.3 is 0 Å². The summed E-state index contributed by atoms with van der Waals surface area (Å²) in [7, 11) is 3.51. The molecule has 5 aromatic rings. The highest BCUT2D eigenvalue weighted by atomic mass is 127. The third kappa shape index (κ3) is 3.81. The van der Waals surface area contributed by atoms with Gasteiger partial charge in [-0.05, 0) is 69.6 Å². The lowest BCUT2D eigenvalue weighted by atomic mass is 9.87. The monoisotopic (exact) mass is 601 g/mol. The fraction of sp³-hybridized carbons (Fsp3) is 0.120. The van der Waals surface area contributed by atoms with Gasteiger partial charge in [-0.3, -0.25) is 9.36 Å². The summed E-state index contributed by atoms with van der Waals surface area (Å²) in [5.41, 5.74) is 4.24. The van der Waals surface area contributed by atoms with E-state index in [2.05, 4.69) is 32.9 Å². The van der Waals surface area contributed by atoms with E-state index in [9.17, 15) is 4.79 Å². The molecule has 0 saturated carbocycles. The normalized spacial score (nSPS) is 13.2. The van der Waals surface area contributed by atoms with Crippen LogP contribution in [0.5, 0.6) is 0 Å². The minimum atomic E-state index is -1.11. The lowest BCUT2D eigenvalue weighted by molar-refractivity contribution is 0.649. The molecule has 0 N–H and O–H groups in total. The molecular weight excluding hydrogens is 584 g/mol. The summed E-state index contributed by atoms with van der Waals surface area (Å²) in [4.78, 5) is 16.3. The molecule has 9 heteroatoms. The van der Waals surface area contributed by atoms with Gasteiger partial charge in [0.15, 0.2) is 0 Å². The van der Waals surface area contributed by atoms with E-state index in [-0.39, 0.29) is 5.56 Å². The van der Waals surface area contributed by atoms with Gasteiger partial charge in [-0.15, -0.1) is 16.7 Å². The molecule has 0 bridgehead atoms. The van der Waals surface area contributed by atoms with Crippen LogP contribution in [0.2, 0.25) is 5.02 Å². The molecule has 6 nitrogen and oxygen atoms in total. The lowest BCUT2D eigenvalue weighted by Crippen LogP contribution is -2.26. The third-order valence-corrected chi connectivity index (χ3v) is 7.50. The Labute approximate surface area is 219 Å². The molecule has 1 atom stereocenters. The highest BCUT2D eigenvalue weighted by Gasteiger charge is 2.38. The van der Waals surface area contributed by atoms with Crippen LogP contribution in [-0.2, 0) is 19.0 Å². The van der Waals surface area contributed by atoms with E-state index in [1.54, 1.807) is 36.3 Å². The summed E-state index contributed by atoms with van der Waals surface area (Å²) < 4.78 is 4.28. The van der Waals surface area contributed by atoms with Gasteiger partial charge >= 0.3 is 0 Å². The van der Waals surface area contributed by atoms with Crippen LogP contribution in [0, 0.1) is 3.57 Å². The van der Waals surface area contributed by atoms with Crippen molar-refractivity contribution in [2.24, 2.45) is 14.1 Å². The maximum atomic E-state index is 12.7. The molecule has 0 fully saturated rings. The topological polar surface area (TPSA) is 65.6 Å². The van der Waals surface area contributed by atoms with Gasteiger partial charge in [0.05, 0.1) is 11.9 Å². The van der Waals surface area contributed by atoms with Crippen molar-refractivity contribution >= 4 is 56.8 Å². The molecule has 0 aliphatic heterocycles. The molecule has 0 unspecified atom stereocenters. The van der Waals surface area contributed by atoms with Crippen LogP contribution < -0.4 is 5.56 Å². The molecule has 3 aromatic heterocycles. The Bertz CT molecular complexity index is 1600. The van der Waals surface area contributed by atoms with Crippen LogP contribution in [0.15, 0.2) is 77.9 Å². The van der Waals surface area contributed by atoms with Gasteiger partial charge in [0.25, 0.3) is 5.56 Å². The average molecular weight is 602 g/mol. The number of nitrogens with zero attached hydrogens (tertiary/aromatic N) is 5. The number of aryl methyl sites for hydroxylation is 2. The number of halogens is 3. The van der Waals surface area contributed by atoms with E-state index in [0.717, 1.165) is 31.2 Å². The van der Waals surface area contributed by atoms with E-state index in [1.165, 1.54) is 4.57 Å². The van der Waals surface area contributed by atoms with Gasteiger partial charge in [-0.25, -0.2) is 9.67 Å². The van der Waals surface area contributed by atoms with Crippen LogP contribution in [-0.4, -0.2) is 24.5 Å². The van der Waals surface area contributed by atoms with E-state index in [0.29, 0.717) is 16.4 Å². The number of alkyl halides is 1. The zero-order valence-corrected chi connectivity index (χ0v) is 21.9. The number of hydrogen-bond acceptors (Lipinski definition) is 4. The van der Waals surface area contributed by atoms with E-state index < -0.39 is 4.87 Å². The number of rotatable bonds is 4.